The van der Waals surface area contributed by atoms with Gasteiger partial charge in [0, 0.05) is 25.6 Å². The summed E-state index contributed by atoms with van der Waals surface area (Å²) in [6, 6.07) is 19.7. The van der Waals surface area contributed by atoms with E-state index < -0.39 is 0 Å². The molecule has 142 valence electrons. The van der Waals surface area contributed by atoms with Crippen molar-refractivity contribution >= 4 is 5.91 Å². The third-order valence-electron chi connectivity index (χ3n) is 6.43. The molecule has 2 heterocycles. The van der Waals surface area contributed by atoms with E-state index in [-0.39, 0.29) is 0 Å². The summed E-state index contributed by atoms with van der Waals surface area (Å²) in [4.78, 5) is 17.5. The number of piperidine rings is 1. The number of carbonyl (C=O) groups is 1. The Labute approximate surface area is 163 Å². The molecule has 2 aromatic rings. The lowest BCUT2D eigenvalue weighted by molar-refractivity contribution is -0.133. The van der Waals surface area contributed by atoms with Crippen LogP contribution in [0.15, 0.2) is 54.6 Å². The second kappa shape index (κ2) is 8.26. The van der Waals surface area contributed by atoms with E-state index in [9.17, 15) is 4.79 Å². The molecule has 1 saturated heterocycles. The Bertz CT molecular complexity index is 765. The lowest BCUT2D eigenvalue weighted by Crippen LogP contribution is -2.40. The molecule has 2 aliphatic rings. The van der Waals surface area contributed by atoms with Gasteiger partial charge in [0.05, 0.1) is 0 Å². The highest BCUT2D eigenvalue weighted by Crippen LogP contribution is 2.29. The summed E-state index contributed by atoms with van der Waals surface area (Å²) >= 11 is 0. The fraction of sp³-hybridized carbons (Fsp3) is 0.458. The number of amides is 1. The van der Waals surface area contributed by atoms with E-state index in [1.54, 1.807) is 0 Å². The zero-order valence-electron chi connectivity index (χ0n) is 16.3. The molecule has 0 spiro atoms. The predicted molar refractivity (Wildman–Crippen MR) is 109 cm³/mol. The number of hydrogen-bond donors (Lipinski definition) is 0. The first-order chi connectivity index (χ1) is 13.2. The molecule has 0 N–H and O–H groups in total. The van der Waals surface area contributed by atoms with Gasteiger partial charge in [0.2, 0.25) is 5.91 Å². The van der Waals surface area contributed by atoms with Crippen LogP contribution < -0.4 is 0 Å². The molecule has 1 fully saturated rings. The largest absolute Gasteiger partial charge is 0.338 e. The fourth-order valence-electron chi connectivity index (χ4n) is 4.57. The first-order valence-corrected chi connectivity index (χ1v) is 10.3. The van der Waals surface area contributed by atoms with E-state index in [2.05, 4.69) is 71.3 Å². The second-order valence-electron chi connectivity index (χ2n) is 8.10. The second-order valence-corrected chi connectivity index (χ2v) is 8.10. The van der Waals surface area contributed by atoms with Gasteiger partial charge in [-0.15, -0.1) is 0 Å². The molecule has 4 rings (SSSR count). The molecule has 0 radical (unpaired) electrons. The van der Waals surface area contributed by atoms with Gasteiger partial charge in [0.25, 0.3) is 0 Å². The molecular formula is C24H30N2O. The van der Waals surface area contributed by atoms with Crippen molar-refractivity contribution in [2.24, 2.45) is 5.92 Å². The molecule has 1 atom stereocenters. The standard InChI is InChI=1S/C24H30N2O/c1-19(21-7-3-2-4-8-21)25-14-11-20(12-15-25)17-24(27)26-16-13-22-9-5-6-10-23(22)18-26/h2-10,19-20H,11-18H2,1H3. The molecule has 0 bridgehead atoms. The summed E-state index contributed by atoms with van der Waals surface area (Å²) in [6.07, 6.45) is 3.98. The molecule has 0 aliphatic carbocycles. The molecule has 2 aromatic carbocycles. The Morgan fingerprint density at radius 1 is 0.963 bits per heavy atom. The average molecular weight is 363 g/mol. The highest BCUT2D eigenvalue weighted by molar-refractivity contribution is 5.76. The minimum atomic E-state index is 0.346. The topological polar surface area (TPSA) is 23.6 Å². The number of likely N-dealkylation sites (tertiary alicyclic amines) is 1. The van der Waals surface area contributed by atoms with E-state index in [1.807, 2.05) is 0 Å². The lowest BCUT2D eigenvalue weighted by atomic mass is 9.91. The fourth-order valence-corrected chi connectivity index (χ4v) is 4.57. The predicted octanol–water partition coefficient (Wildman–Crippen LogP) is 4.43. The summed E-state index contributed by atoms with van der Waals surface area (Å²) in [5.74, 6) is 0.882. The highest BCUT2D eigenvalue weighted by atomic mass is 16.2. The van der Waals surface area contributed by atoms with Crippen molar-refractivity contribution in [2.45, 2.75) is 45.2 Å². The first-order valence-electron chi connectivity index (χ1n) is 10.3. The van der Waals surface area contributed by atoms with Gasteiger partial charge in [-0.25, -0.2) is 0 Å². The molecule has 1 unspecified atom stereocenters. The van der Waals surface area contributed by atoms with E-state index in [0.29, 0.717) is 17.9 Å². The van der Waals surface area contributed by atoms with Crippen LogP contribution in [0.5, 0.6) is 0 Å². The Morgan fingerprint density at radius 2 is 1.63 bits per heavy atom. The number of fused-ring (bicyclic) bond motifs is 1. The normalized spacial score (nSPS) is 19.5. The number of rotatable bonds is 4. The van der Waals surface area contributed by atoms with Gasteiger partial charge < -0.3 is 4.90 Å². The molecule has 1 amide bonds. The molecule has 0 aromatic heterocycles. The first kappa shape index (κ1) is 18.2. The maximum atomic E-state index is 12.8. The number of benzene rings is 2. The lowest BCUT2D eigenvalue weighted by Gasteiger charge is -2.37. The Kier molecular flexibility index (Phi) is 5.58. The minimum Gasteiger partial charge on any atom is -0.338 e. The van der Waals surface area contributed by atoms with Crippen molar-refractivity contribution < 1.29 is 4.79 Å². The number of nitrogens with zero attached hydrogens (tertiary/aromatic N) is 2. The maximum Gasteiger partial charge on any atom is 0.223 e. The molecule has 27 heavy (non-hydrogen) atoms. The quantitative estimate of drug-likeness (QED) is 0.803. The average Bonchev–Trinajstić information content (AvgIpc) is 2.74. The molecular weight excluding hydrogens is 332 g/mol. The molecule has 3 nitrogen and oxygen atoms in total. The monoisotopic (exact) mass is 362 g/mol. The van der Waals surface area contributed by atoms with Crippen LogP contribution >= 0.6 is 0 Å². The SMILES string of the molecule is CC(c1ccccc1)N1CCC(CC(=O)N2CCc3ccccc3C2)CC1. The number of carbonyl (C=O) groups excluding carboxylic acids is 1. The van der Waals surface area contributed by atoms with Crippen LogP contribution in [0.2, 0.25) is 0 Å². The summed E-state index contributed by atoms with van der Waals surface area (Å²) in [5, 5.41) is 0. The van der Waals surface area contributed by atoms with Crippen LogP contribution in [-0.2, 0) is 17.8 Å². The van der Waals surface area contributed by atoms with Crippen LogP contribution in [0.25, 0.3) is 0 Å². The highest BCUT2D eigenvalue weighted by Gasteiger charge is 2.27. The van der Waals surface area contributed by atoms with Crippen molar-refractivity contribution in [3.05, 3.63) is 71.3 Å². The zero-order chi connectivity index (χ0) is 18.6. The van der Waals surface area contributed by atoms with Crippen molar-refractivity contribution in [1.29, 1.82) is 0 Å². The Balaban J connectivity index is 1.28. The van der Waals surface area contributed by atoms with Gasteiger partial charge in [-0.05, 0) is 61.9 Å². The summed E-state index contributed by atoms with van der Waals surface area (Å²) in [6.45, 7) is 6.15. The third-order valence-corrected chi connectivity index (χ3v) is 6.43. The van der Waals surface area contributed by atoms with Gasteiger partial charge in [-0.2, -0.15) is 0 Å². The summed E-state index contributed by atoms with van der Waals surface area (Å²) in [7, 11) is 0. The van der Waals surface area contributed by atoms with Crippen molar-refractivity contribution in [3.8, 4) is 0 Å². The van der Waals surface area contributed by atoms with Crippen LogP contribution in [0, 0.1) is 5.92 Å². The van der Waals surface area contributed by atoms with Crippen LogP contribution in [0.1, 0.15) is 48.9 Å². The minimum absolute atomic E-state index is 0.346. The van der Waals surface area contributed by atoms with Gasteiger partial charge in [0.15, 0.2) is 0 Å². The zero-order valence-corrected chi connectivity index (χ0v) is 16.3. The van der Waals surface area contributed by atoms with Crippen molar-refractivity contribution in [3.63, 3.8) is 0 Å². The van der Waals surface area contributed by atoms with Crippen molar-refractivity contribution in [2.75, 3.05) is 19.6 Å². The number of hydrogen-bond acceptors (Lipinski definition) is 2. The van der Waals surface area contributed by atoms with E-state index in [0.717, 1.165) is 51.9 Å². The van der Waals surface area contributed by atoms with Crippen molar-refractivity contribution in [1.82, 2.24) is 9.80 Å². The van der Waals surface area contributed by atoms with Crippen LogP contribution in [0.4, 0.5) is 0 Å². The van der Waals surface area contributed by atoms with Gasteiger partial charge in [0.1, 0.15) is 0 Å². The Hall–Kier alpha value is -2.13. The van der Waals surface area contributed by atoms with Crippen LogP contribution in [-0.4, -0.2) is 35.3 Å². The third kappa shape index (κ3) is 4.24. The Morgan fingerprint density at radius 3 is 2.37 bits per heavy atom. The summed E-state index contributed by atoms with van der Waals surface area (Å²) < 4.78 is 0. The van der Waals surface area contributed by atoms with E-state index in [4.69, 9.17) is 0 Å². The molecule has 0 saturated carbocycles. The maximum absolute atomic E-state index is 12.8. The smallest absolute Gasteiger partial charge is 0.223 e. The molecule has 2 aliphatic heterocycles. The van der Waals surface area contributed by atoms with E-state index in [1.165, 1.54) is 16.7 Å². The van der Waals surface area contributed by atoms with Gasteiger partial charge in [-0.3, -0.25) is 9.69 Å². The van der Waals surface area contributed by atoms with Gasteiger partial charge in [-0.1, -0.05) is 54.6 Å². The van der Waals surface area contributed by atoms with E-state index >= 15 is 0 Å². The van der Waals surface area contributed by atoms with Crippen LogP contribution in [0.3, 0.4) is 0 Å². The summed E-state index contributed by atoms with van der Waals surface area (Å²) in [5.41, 5.74) is 4.12. The molecule has 3 heteroatoms. The van der Waals surface area contributed by atoms with Gasteiger partial charge >= 0.3 is 0 Å².